The lowest BCUT2D eigenvalue weighted by atomic mass is 9.72. The normalized spacial score (nSPS) is 20.0. The Morgan fingerprint density at radius 1 is 1.25 bits per heavy atom. The topological polar surface area (TPSA) is 32.8 Å². The van der Waals surface area contributed by atoms with Crippen molar-refractivity contribution < 1.29 is 13.9 Å². The molecule has 2 heterocycles. The summed E-state index contributed by atoms with van der Waals surface area (Å²) in [4.78, 5) is 16.0. The Morgan fingerprint density at radius 2 is 1.88 bits per heavy atom. The highest BCUT2D eigenvalue weighted by atomic mass is 35.5. The second-order valence-corrected chi connectivity index (χ2v) is 8.33. The third-order valence-corrected chi connectivity index (χ3v) is 5.10. The van der Waals surface area contributed by atoms with Gasteiger partial charge >= 0.3 is 6.09 Å². The maximum atomic E-state index is 13.4. The molecule has 2 fully saturated rings. The van der Waals surface area contributed by atoms with Gasteiger partial charge in [-0.15, -0.1) is 0 Å². The van der Waals surface area contributed by atoms with E-state index in [4.69, 9.17) is 16.3 Å². The van der Waals surface area contributed by atoms with Crippen LogP contribution in [0.2, 0.25) is 5.02 Å². The highest BCUT2D eigenvalue weighted by Gasteiger charge is 2.46. The summed E-state index contributed by atoms with van der Waals surface area (Å²) >= 11 is 6.18. The molecule has 3 rings (SSSR count). The molecule has 0 saturated carbocycles. The molecular formula is C18H24ClFN2O2. The van der Waals surface area contributed by atoms with Gasteiger partial charge in [-0.1, -0.05) is 11.6 Å². The molecule has 132 valence electrons. The van der Waals surface area contributed by atoms with Gasteiger partial charge < -0.3 is 14.5 Å². The first kappa shape index (κ1) is 17.3. The van der Waals surface area contributed by atoms with Gasteiger partial charge in [-0.2, -0.15) is 0 Å². The molecule has 0 aliphatic carbocycles. The predicted octanol–water partition coefficient (Wildman–Crippen LogP) is 4.32. The smallest absolute Gasteiger partial charge is 0.410 e. The maximum absolute atomic E-state index is 13.4. The fraction of sp³-hybridized carbons (Fsp3) is 0.611. The van der Waals surface area contributed by atoms with Crippen molar-refractivity contribution in [1.82, 2.24) is 4.90 Å². The number of carbonyl (C=O) groups excluding carboxylic acids is 1. The average Bonchev–Trinajstić information content (AvgIpc) is 2.46. The van der Waals surface area contributed by atoms with E-state index in [0.717, 1.165) is 31.6 Å². The summed E-state index contributed by atoms with van der Waals surface area (Å²) in [6, 6.07) is 4.47. The number of halogens is 2. The van der Waals surface area contributed by atoms with Gasteiger partial charge in [0, 0.05) is 31.6 Å². The van der Waals surface area contributed by atoms with Crippen molar-refractivity contribution in [2.45, 2.75) is 39.2 Å². The van der Waals surface area contributed by atoms with Crippen LogP contribution in [0.5, 0.6) is 0 Å². The van der Waals surface area contributed by atoms with Crippen molar-refractivity contribution in [2.75, 3.05) is 31.1 Å². The average molecular weight is 355 g/mol. The van der Waals surface area contributed by atoms with Crippen LogP contribution < -0.4 is 4.90 Å². The molecular weight excluding hydrogens is 331 g/mol. The molecule has 0 atom stereocenters. The number of anilines is 1. The number of likely N-dealkylation sites (tertiary alicyclic amines) is 1. The van der Waals surface area contributed by atoms with E-state index in [2.05, 4.69) is 4.90 Å². The van der Waals surface area contributed by atoms with Gasteiger partial charge in [0.25, 0.3) is 0 Å². The number of piperidine rings is 1. The summed E-state index contributed by atoms with van der Waals surface area (Å²) in [5, 5.41) is 0.581. The minimum absolute atomic E-state index is 0.203. The van der Waals surface area contributed by atoms with Crippen LogP contribution in [0.15, 0.2) is 18.2 Å². The molecule has 0 N–H and O–H groups in total. The van der Waals surface area contributed by atoms with E-state index in [1.54, 1.807) is 11.0 Å². The SMILES string of the molecule is CC(C)(C)OC(=O)N1CCC2(CC1)CN(c1cc(F)ccc1Cl)C2. The zero-order chi connectivity index (χ0) is 17.5. The first-order chi connectivity index (χ1) is 11.2. The lowest BCUT2D eigenvalue weighted by molar-refractivity contribution is 0.00598. The molecule has 4 nitrogen and oxygen atoms in total. The van der Waals surface area contributed by atoms with E-state index in [1.165, 1.54) is 12.1 Å². The Kier molecular flexibility index (Phi) is 4.41. The molecule has 0 aromatic heterocycles. The maximum Gasteiger partial charge on any atom is 0.410 e. The minimum Gasteiger partial charge on any atom is -0.444 e. The number of hydrogen-bond donors (Lipinski definition) is 0. The van der Waals surface area contributed by atoms with Crippen LogP contribution in [0.4, 0.5) is 14.9 Å². The predicted molar refractivity (Wildman–Crippen MR) is 93.1 cm³/mol. The van der Waals surface area contributed by atoms with Gasteiger partial charge in [0.15, 0.2) is 0 Å². The minimum atomic E-state index is -0.465. The van der Waals surface area contributed by atoms with E-state index >= 15 is 0 Å². The third-order valence-electron chi connectivity index (χ3n) is 4.78. The number of carbonyl (C=O) groups is 1. The highest BCUT2D eigenvalue weighted by molar-refractivity contribution is 6.33. The number of ether oxygens (including phenoxy) is 1. The van der Waals surface area contributed by atoms with Crippen LogP contribution in [-0.4, -0.2) is 42.8 Å². The Bertz CT molecular complexity index is 628. The largest absolute Gasteiger partial charge is 0.444 e. The lowest BCUT2D eigenvalue weighted by Crippen LogP contribution is -2.61. The van der Waals surface area contributed by atoms with E-state index in [0.29, 0.717) is 18.1 Å². The summed E-state index contributed by atoms with van der Waals surface area (Å²) in [5.74, 6) is -0.268. The van der Waals surface area contributed by atoms with E-state index in [1.807, 2.05) is 20.8 Å². The van der Waals surface area contributed by atoms with Crippen LogP contribution in [0.1, 0.15) is 33.6 Å². The van der Waals surface area contributed by atoms with E-state index < -0.39 is 5.60 Å². The van der Waals surface area contributed by atoms with Gasteiger partial charge in [0.05, 0.1) is 10.7 Å². The van der Waals surface area contributed by atoms with Gasteiger partial charge in [-0.3, -0.25) is 0 Å². The summed E-state index contributed by atoms with van der Waals surface area (Å²) in [6.07, 6.45) is 1.65. The molecule has 1 spiro atoms. The Labute approximate surface area is 147 Å². The standard InChI is InChI=1S/C18H24ClFN2O2/c1-17(2,3)24-16(23)21-8-6-18(7-9-21)11-22(12-18)15-10-13(20)4-5-14(15)19/h4-5,10H,6-9,11-12H2,1-3H3. The van der Waals surface area contributed by atoms with E-state index in [9.17, 15) is 9.18 Å². The number of rotatable bonds is 1. The first-order valence-corrected chi connectivity index (χ1v) is 8.73. The second kappa shape index (κ2) is 6.10. The Balaban J connectivity index is 1.55. The Hall–Kier alpha value is -1.49. The van der Waals surface area contributed by atoms with Crippen molar-refractivity contribution in [3.05, 3.63) is 29.0 Å². The van der Waals surface area contributed by atoms with Crippen molar-refractivity contribution in [3.63, 3.8) is 0 Å². The molecule has 0 bridgehead atoms. The molecule has 1 aromatic rings. The molecule has 0 radical (unpaired) electrons. The zero-order valence-corrected chi connectivity index (χ0v) is 15.2. The fourth-order valence-electron chi connectivity index (χ4n) is 3.47. The Morgan fingerprint density at radius 3 is 2.46 bits per heavy atom. The van der Waals surface area contributed by atoms with Gasteiger partial charge in [0.2, 0.25) is 0 Å². The zero-order valence-electron chi connectivity index (χ0n) is 14.4. The number of nitrogens with zero attached hydrogens (tertiary/aromatic N) is 2. The monoisotopic (exact) mass is 354 g/mol. The summed E-state index contributed by atoms with van der Waals surface area (Å²) < 4.78 is 18.9. The number of hydrogen-bond acceptors (Lipinski definition) is 3. The molecule has 1 amide bonds. The quantitative estimate of drug-likeness (QED) is 0.753. The van der Waals surface area contributed by atoms with Gasteiger partial charge in [0.1, 0.15) is 11.4 Å². The fourth-order valence-corrected chi connectivity index (χ4v) is 3.71. The molecule has 6 heteroatoms. The second-order valence-electron chi connectivity index (χ2n) is 7.92. The number of benzene rings is 1. The van der Waals surface area contributed by atoms with Crippen molar-refractivity contribution >= 4 is 23.4 Å². The lowest BCUT2D eigenvalue weighted by Gasteiger charge is -2.55. The summed E-state index contributed by atoms with van der Waals surface area (Å²) in [7, 11) is 0. The number of amides is 1. The van der Waals surface area contributed by atoms with Crippen molar-refractivity contribution in [2.24, 2.45) is 5.41 Å². The van der Waals surface area contributed by atoms with Crippen LogP contribution in [0.3, 0.4) is 0 Å². The first-order valence-electron chi connectivity index (χ1n) is 8.35. The molecule has 2 aliphatic heterocycles. The molecule has 2 saturated heterocycles. The van der Waals surface area contributed by atoms with Crippen molar-refractivity contribution in [1.29, 1.82) is 0 Å². The highest BCUT2D eigenvalue weighted by Crippen LogP contribution is 2.44. The van der Waals surface area contributed by atoms with Crippen LogP contribution >= 0.6 is 11.6 Å². The van der Waals surface area contributed by atoms with Crippen LogP contribution in [0.25, 0.3) is 0 Å². The molecule has 2 aliphatic rings. The molecule has 24 heavy (non-hydrogen) atoms. The van der Waals surface area contributed by atoms with Crippen LogP contribution in [-0.2, 0) is 4.74 Å². The molecule has 0 unspecified atom stereocenters. The van der Waals surface area contributed by atoms with Gasteiger partial charge in [-0.05, 0) is 51.8 Å². The summed E-state index contributed by atoms with van der Waals surface area (Å²) in [5.41, 5.74) is 0.499. The van der Waals surface area contributed by atoms with Crippen molar-refractivity contribution in [3.8, 4) is 0 Å². The summed E-state index contributed by atoms with van der Waals surface area (Å²) in [6.45, 7) is 8.77. The van der Waals surface area contributed by atoms with Crippen LogP contribution in [0, 0.1) is 11.2 Å². The molecule has 1 aromatic carbocycles. The third kappa shape index (κ3) is 3.61. The van der Waals surface area contributed by atoms with E-state index in [-0.39, 0.29) is 17.3 Å². The van der Waals surface area contributed by atoms with Gasteiger partial charge in [-0.25, -0.2) is 9.18 Å².